The zero-order valence-corrected chi connectivity index (χ0v) is 29.2. The minimum absolute atomic E-state index is 0.00693. The summed E-state index contributed by atoms with van der Waals surface area (Å²) in [6.45, 7) is 3.17. The van der Waals surface area contributed by atoms with E-state index in [0.29, 0.717) is 80.1 Å². The van der Waals surface area contributed by atoms with Gasteiger partial charge in [0.05, 0.1) is 46.1 Å². The summed E-state index contributed by atoms with van der Waals surface area (Å²) in [5.74, 6) is -0.444. The van der Waals surface area contributed by atoms with Gasteiger partial charge in [0.2, 0.25) is 11.7 Å². The Morgan fingerprint density at radius 1 is 1.13 bits per heavy atom. The van der Waals surface area contributed by atoms with E-state index in [-0.39, 0.29) is 51.8 Å². The van der Waals surface area contributed by atoms with Gasteiger partial charge in [0.1, 0.15) is 12.4 Å². The number of piperidine rings is 1. The Morgan fingerprint density at radius 2 is 1.92 bits per heavy atom. The smallest absolute Gasteiger partial charge is 0.383 e. The lowest BCUT2D eigenvalue weighted by atomic mass is 9.73. The molecule has 1 fully saturated rings. The molecule has 1 atom stereocenters. The third-order valence-electron chi connectivity index (χ3n) is 10.5. The predicted molar refractivity (Wildman–Crippen MR) is 190 cm³/mol. The second-order valence-electron chi connectivity index (χ2n) is 13.7. The average molecular weight is 748 g/mol. The minimum Gasteiger partial charge on any atom is -0.383 e. The van der Waals surface area contributed by atoms with E-state index in [2.05, 4.69) is 20.4 Å². The molecule has 13 nitrogen and oxygen atoms in total. The first-order valence-corrected chi connectivity index (χ1v) is 17.5. The number of anilines is 2. The lowest BCUT2D eigenvalue weighted by Crippen LogP contribution is -2.46. The molecular weight excluding hydrogens is 715 g/mol. The number of hydrogen-bond donors (Lipinski definition) is 2. The van der Waals surface area contributed by atoms with Gasteiger partial charge in [-0.05, 0) is 73.6 Å². The first-order chi connectivity index (χ1) is 25.3. The van der Waals surface area contributed by atoms with Crippen molar-refractivity contribution < 1.29 is 27.5 Å². The number of carbonyl (C=O) groups is 2. The van der Waals surface area contributed by atoms with Crippen molar-refractivity contribution in [3.8, 4) is 0 Å². The molecule has 6 heterocycles. The van der Waals surface area contributed by atoms with Crippen LogP contribution in [0.2, 0.25) is 5.02 Å². The molecule has 1 unspecified atom stereocenters. The van der Waals surface area contributed by atoms with Crippen molar-refractivity contribution in [3.63, 3.8) is 0 Å². The van der Waals surface area contributed by atoms with E-state index in [9.17, 15) is 27.6 Å². The van der Waals surface area contributed by atoms with Gasteiger partial charge in [-0.3, -0.25) is 19.4 Å². The fraction of sp³-hybridized carbons (Fsp3) is 0.361. The molecule has 2 amide bonds. The maximum absolute atomic E-state index is 14.5. The van der Waals surface area contributed by atoms with Gasteiger partial charge in [0, 0.05) is 36.0 Å². The summed E-state index contributed by atoms with van der Waals surface area (Å²) >= 11 is 6.16. The van der Waals surface area contributed by atoms with Crippen LogP contribution in [0.3, 0.4) is 0 Å². The molecule has 1 aromatic carbocycles. The van der Waals surface area contributed by atoms with Crippen LogP contribution in [-0.2, 0) is 27.7 Å². The molecule has 0 saturated carbocycles. The van der Waals surface area contributed by atoms with E-state index in [1.165, 1.54) is 4.52 Å². The Morgan fingerprint density at radius 3 is 2.64 bits per heavy atom. The number of carbonyl (C=O) groups excluding carboxylic acids is 2. The number of nitrogens with zero attached hydrogens (tertiary/aromatic N) is 7. The van der Waals surface area contributed by atoms with Crippen LogP contribution in [0.5, 0.6) is 0 Å². The van der Waals surface area contributed by atoms with Crippen molar-refractivity contribution in [1.29, 1.82) is 0 Å². The quantitative estimate of drug-likeness (QED) is 0.246. The number of nitrogens with two attached hydrogens (primary N) is 1. The van der Waals surface area contributed by atoms with Crippen LogP contribution < -0.4 is 16.6 Å². The van der Waals surface area contributed by atoms with Crippen molar-refractivity contribution >= 4 is 57.3 Å². The fourth-order valence-corrected chi connectivity index (χ4v) is 8.19. The van der Waals surface area contributed by atoms with Gasteiger partial charge in [-0.2, -0.15) is 22.7 Å². The van der Waals surface area contributed by atoms with Crippen molar-refractivity contribution in [2.75, 3.05) is 37.4 Å². The molecule has 5 aromatic rings. The Bertz CT molecular complexity index is 2420. The van der Waals surface area contributed by atoms with Crippen LogP contribution in [0.15, 0.2) is 53.5 Å². The molecule has 17 heteroatoms. The second-order valence-corrected chi connectivity index (χ2v) is 14.1. The van der Waals surface area contributed by atoms with Gasteiger partial charge in [-0.1, -0.05) is 24.6 Å². The molecule has 0 radical (unpaired) electrons. The summed E-state index contributed by atoms with van der Waals surface area (Å²) in [6, 6.07) is 7.85. The number of pyridine rings is 2. The minimum atomic E-state index is -4.60. The number of likely N-dealkylation sites (tertiary alicyclic amines) is 1. The molecule has 1 aliphatic carbocycles. The van der Waals surface area contributed by atoms with E-state index >= 15 is 0 Å². The van der Waals surface area contributed by atoms with Crippen molar-refractivity contribution in [3.05, 3.63) is 92.3 Å². The molecule has 2 aliphatic heterocycles. The maximum atomic E-state index is 14.5. The van der Waals surface area contributed by atoms with E-state index in [1.54, 1.807) is 33.9 Å². The average Bonchev–Trinajstić information content (AvgIpc) is 3.71. The van der Waals surface area contributed by atoms with Gasteiger partial charge < -0.3 is 25.3 Å². The molecule has 1 saturated heterocycles. The summed E-state index contributed by atoms with van der Waals surface area (Å²) < 4.78 is 48.1. The highest BCUT2D eigenvalue weighted by Gasteiger charge is 2.49. The first-order valence-electron chi connectivity index (χ1n) is 17.1. The molecule has 53 heavy (non-hydrogen) atoms. The summed E-state index contributed by atoms with van der Waals surface area (Å²) in [5.41, 5.74) is 7.64. The number of aromatic nitrogens is 6. The summed E-state index contributed by atoms with van der Waals surface area (Å²) in [7, 11) is 0. The van der Waals surface area contributed by atoms with Gasteiger partial charge in [0.25, 0.3) is 11.5 Å². The van der Waals surface area contributed by atoms with Gasteiger partial charge in [0.15, 0.2) is 5.82 Å². The lowest BCUT2D eigenvalue weighted by Gasteiger charge is -2.39. The Balaban J connectivity index is 1.15. The van der Waals surface area contributed by atoms with E-state index in [0.717, 1.165) is 23.8 Å². The first kappa shape index (κ1) is 34.7. The van der Waals surface area contributed by atoms with Crippen molar-refractivity contribution in [2.45, 2.75) is 56.7 Å². The summed E-state index contributed by atoms with van der Waals surface area (Å²) in [5, 5.41) is 6.98. The fourth-order valence-electron chi connectivity index (χ4n) is 7.97. The zero-order valence-electron chi connectivity index (χ0n) is 28.4. The van der Waals surface area contributed by atoms with Crippen LogP contribution in [0.25, 0.3) is 22.4 Å². The third kappa shape index (κ3) is 6.08. The van der Waals surface area contributed by atoms with Crippen LogP contribution in [0.1, 0.15) is 71.5 Å². The monoisotopic (exact) mass is 747 g/mol. The summed E-state index contributed by atoms with van der Waals surface area (Å²) in [6.07, 6.45) is 0.917. The molecule has 274 valence electrons. The Labute approximate surface area is 304 Å². The van der Waals surface area contributed by atoms with Crippen LogP contribution in [0, 0.1) is 0 Å². The largest absolute Gasteiger partial charge is 0.416 e. The van der Waals surface area contributed by atoms with Crippen molar-refractivity contribution in [1.82, 2.24) is 34.0 Å². The molecule has 0 bridgehead atoms. The number of nitrogens with one attached hydrogen (secondary N) is 1. The molecule has 3 N–H and O–H groups in total. The highest BCUT2D eigenvalue weighted by Crippen LogP contribution is 2.50. The van der Waals surface area contributed by atoms with Crippen molar-refractivity contribution in [2.24, 2.45) is 0 Å². The number of halogens is 4. The highest BCUT2D eigenvalue weighted by atomic mass is 35.5. The maximum Gasteiger partial charge on any atom is 0.416 e. The van der Waals surface area contributed by atoms with Gasteiger partial charge in [-0.15, -0.1) is 5.10 Å². The van der Waals surface area contributed by atoms with E-state index < -0.39 is 23.1 Å². The highest BCUT2D eigenvalue weighted by molar-refractivity contribution is 6.33. The SMILES string of the molecule is CC1CC2(CCN(C(=O)c3cc4ncccc4nc3N)CC2)c2c1n(CC(=O)Nc1ccc(C(F)(F)F)cc1Cl)c1nc(C3=CCOCC3)nn1c2=O. The van der Waals surface area contributed by atoms with Crippen LogP contribution in [0.4, 0.5) is 24.7 Å². The second kappa shape index (κ2) is 12.9. The number of benzene rings is 1. The summed E-state index contributed by atoms with van der Waals surface area (Å²) in [4.78, 5) is 57.0. The molecule has 8 rings (SSSR count). The van der Waals surface area contributed by atoms with E-state index in [4.69, 9.17) is 27.1 Å². The number of hydrogen-bond acceptors (Lipinski definition) is 9. The number of ether oxygens (including phenoxy) is 1. The zero-order chi connectivity index (χ0) is 37.2. The topological polar surface area (TPSA) is 163 Å². The number of rotatable bonds is 5. The number of amides is 2. The Hall–Kier alpha value is -5.35. The predicted octanol–water partition coefficient (Wildman–Crippen LogP) is 5.21. The third-order valence-corrected chi connectivity index (χ3v) is 10.8. The normalized spacial score (nSPS) is 18.4. The van der Waals surface area contributed by atoms with Gasteiger partial charge >= 0.3 is 6.18 Å². The molecular formula is C36H33ClF3N9O4. The number of fused-ring (bicyclic) bond motifs is 4. The standard InChI is InChI=1S/C36H33ClF3N9O4/c1-19-17-35(8-11-47(12-9-35)32(51)22-16-26-25(44-30(22)41)3-2-10-42-26)28-29(19)48(18-27(50)43-24-5-4-21(15-23(24)37)36(38,39)40)34-45-31(46-49(34)33(28)52)20-6-13-53-14-7-20/h2-6,10,15-16,19H,7-9,11-14,17-18H2,1H3,(H2,41,44)(H,43,50). The number of nitrogen functional groups attached to an aromatic ring is 1. The molecule has 1 spiro atoms. The van der Waals surface area contributed by atoms with Gasteiger partial charge in [-0.25, -0.2) is 4.98 Å². The number of alkyl halides is 3. The molecule has 4 aromatic heterocycles. The van der Waals surface area contributed by atoms with Crippen LogP contribution in [-0.4, -0.2) is 72.2 Å². The van der Waals surface area contributed by atoms with Crippen LogP contribution >= 0.6 is 11.6 Å². The Kier molecular flexibility index (Phi) is 8.48. The molecule has 3 aliphatic rings. The lowest BCUT2D eigenvalue weighted by molar-refractivity contribution is -0.137. The van der Waals surface area contributed by atoms with E-state index in [1.807, 2.05) is 13.0 Å².